The Hall–Kier alpha value is -1.24. The van der Waals surface area contributed by atoms with Crippen molar-refractivity contribution in [3.05, 3.63) is 34.7 Å². The number of fused-ring (bicyclic) bond motifs is 1. The van der Waals surface area contributed by atoms with Crippen molar-refractivity contribution in [1.29, 1.82) is 0 Å². The van der Waals surface area contributed by atoms with Gasteiger partial charge in [0, 0.05) is 12.2 Å². The van der Waals surface area contributed by atoms with E-state index in [0.29, 0.717) is 6.04 Å². The highest BCUT2D eigenvalue weighted by atomic mass is 14.9. The van der Waals surface area contributed by atoms with Gasteiger partial charge in [-0.2, -0.15) is 0 Å². The molecule has 1 aliphatic heterocycles. The molecule has 1 nitrogen and oxygen atoms in total. The summed E-state index contributed by atoms with van der Waals surface area (Å²) in [4.78, 5) is 0. The maximum absolute atomic E-state index is 3.34. The molecule has 1 N–H and O–H groups in total. The fourth-order valence-corrected chi connectivity index (χ4v) is 1.49. The topological polar surface area (TPSA) is 12.0 Å². The van der Waals surface area contributed by atoms with Gasteiger partial charge in [-0.05, 0) is 16.9 Å². The summed E-state index contributed by atoms with van der Waals surface area (Å²) in [5.41, 5.74) is 0. The van der Waals surface area contributed by atoms with Crippen molar-refractivity contribution in [1.82, 2.24) is 5.32 Å². The van der Waals surface area contributed by atoms with Crippen LogP contribution in [-0.2, 0) is 0 Å². The van der Waals surface area contributed by atoms with Crippen molar-refractivity contribution in [2.75, 3.05) is 0 Å². The highest BCUT2D eigenvalue weighted by molar-refractivity contribution is 5.41. The summed E-state index contributed by atoms with van der Waals surface area (Å²) < 4.78 is 0. The van der Waals surface area contributed by atoms with Crippen molar-refractivity contribution in [2.45, 2.75) is 19.4 Å². The summed E-state index contributed by atoms with van der Waals surface area (Å²) >= 11 is 0. The molecule has 0 aromatic heterocycles. The Labute approximate surface area is 72.4 Å². The Bertz CT molecular complexity index is 378. The van der Waals surface area contributed by atoms with E-state index in [2.05, 4.69) is 48.8 Å². The molecule has 12 heavy (non-hydrogen) atoms. The standard InChI is InChI=1S/C11H13N/c1-2-11-7-9-5-3-4-6-10(9)8-12-11/h3-8,11-12H,2H2,1H3. The van der Waals surface area contributed by atoms with Crippen molar-refractivity contribution in [2.24, 2.45) is 0 Å². The minimum Gasteiger partial charge on any atom is -0.384 e. The molecule has 0 fully saturated rings. The van der Waals surface area contributed by atoms with Gasteiger partial charge in [0.15, 0.2) is 0 Å². The zero-order chi connectivity index (χ0) is 8.39. The lowest BCUT2D eigenvalue weighted by Gasteiger charge is -2.13. The Balaban J connectivity index is 2.56. The lowest BCUT2D eigenvalue weighted by molar-refractivity contribution is 0.722. The second-order valence-electron chi connectivity index (χ2n) is 3.12. The SMILES string of the molecule is CCC1C=c2ccccc2=CN1. The van der Waals surface area contributed by atoms with E-state index in [1.54, 1.807) is 0 Å². The number of benzene rings is 1. The first-order chi connectivity index (χ1) is 5.90. The van der Waals surface area contributed by atoms with Gasteiger partial charge in [0.1, 0.15) is 0 Å². The Morgan fingerprint density at radius 3 is 2.75 bits per heavy atom. The first-order valence-electron chi connectivity index (χ1n) is 4.43. The normalized spacial score (nSPS) is 19.9. The molecule has 0 spiro atoms. The third-order valence-electron chi connectivity index (χ3n) is 2.27. The lowest BCUT2D eigenvalue weighted by atomic mass is 10.1. The van der Waals surface area contributed by atoms with Gasteiger partial charge in [0.2, 0.25) is 0 Å². The maximum atomic E-state index is 3.34. The molecule has 2 rings (SSSR count). The molecule has 0 amide bonds. The van der Waals surface area contributed by atoms with E-state index in [0.717, 1.165) is 6.42 Å². The number of hydrogen-bond acceptors (Lipinski definition) is 1. The van der Waals surface area contributed by atoms with Gasteiger partial charge in [-0.25, -0.2) is 0 Å². The molecule has 0 radical (unpaired) electrons. The van der Waals surface area contributed by atoms with Crippen LogP contribution in [0.1, 0.15) is 13.3 Å². The van der Waals surface area contributed by atoms with Gasteiger partial charge in [0.05, 0.1) is 0 Å². The minimum absolute atomic E-state index is 0.514. The molecule has 0 bridgehead atoms. The van der Waals surface area contributed by atoms with Gasteiger partial charge in [0.25, 0.3) is 0 Å². The fourth-order valence-electron chi connectivity index (χ4n) is 1.49. The second-order valence-corrected chi connectivity index (χ2v) is 3.12. The Kier molecular flexibility index (Phi) is 1.86. The van der Waals surface area contributed by atoms with Crippen LogP contribution in [0.2, 0.25) is 0 Å². The molecular weight excluding hydrogens is 146 g/mol. The van der Waals surface area contributed by atoms with Crippen LogP contribution in [0.25, 0.3) is 12.3 Å². The summed E-state index contributed by atoms with van der Waals surface area (Å²) in [6.07, 6.45) is 5.53. The number of hydrogen-bond donors (Lipinski definition) is 1. The molecule has 0 saturated heterocycles. The zero-order valence-electron chi connectivity index (χ0n) is 7.25. The molecule has 1 unspecified atom stereocenters. The van der Waals surface area contributed by atoms with Gasteiger partial charge in [-0.3, -0.25) is 0 Å². The average molecular weight is 159 g/mol. The molecule has 1 aliphatic rings. The number of nitrogens with one attached hydrogen (secondary N) is 1. The summed E-state index contributed by atoms with van der Waals surface area (Å²) in [5, 5.41) is 5.99. The van der Waals surface area contributed by atoms with Crippen molar-refractivity contribution >= 4 is 12.3 Å². The molecular formula is C11H13N. The van der Waals surface area contributed by atoms with Gasteiger partial charge < -0.3 is 5.32 Å². The van der Waals surface area contributed by atoms with E-state index in [4.69, 9.17) is 0 Å². The van der Waals surface area contributed by atoms with Crippen LogP contribution in [0.5, 0.6) is 0 Å². The first kappa shape index (κ1) is 7.41. The van der Waals surface area contributed by atoms with Crippen LogP contribution in [0, 0.1) is 0 Å². The Morgan fingerprint density at radius 2 is 2.00 bits per heavy atom. The van der Waals surface area contributed by atoms with Crippen molar-refractivity contribution in [3.8, 4) is 0 Å². The molecule has 0 aliphatic carbocycles. The van der Waals surface area contributed by atoms with E-state index in [1.165, 1.54) is 10.4 Å². The van der Waals surface area contributed by atoms with Gasteiger partial charge >= 0.3 is 0 Å². The predicted molar refractivity (Wildman–Crippen MR) is 51.8 cm³/mol. The van der Waals surface area contributed by atoms with Crippen LogP contribution in [0.3, 0.4) is 0 Å². The molecule has 62 valence electrons. The third kappa shape index (κ3) is 1.22. The summed E-state index contributed by atoms with van der Waals surface area (Å²) in [6.45, 7) is 2.19. The monoisotopic (exact) mass is 159 g/mol. The molecule has 1 aromatic carbocycles. The third-order valence-corrected chi connectivity index (χ3v) is 2.27. The van der Waals surface area contributed by atoms with Crippen molar-refractivity contribution < 1.29 is 0 Å². The van der Waals surface area contributed by atoms with E-state index in [-0.39, 0.29) is 0 Å². The highest BCUT2D eigenvalue weighted by Gasteiger charge is 2.01. The van der Waals surface area contributed by atoms with Crippen LogP contribution in [-0.4, -0.2) is 6.04 Å². The summed E-state index contributed by atoms with van der Waals surface area (Å²) in [7, 11) is 0. The minimum atomic E-state index is 0.514. The largest absolute Gasteiger partial charge is 0.384 e. The summed E-state index contributed by atoms with van der Waals surface area (Å²) in [5.74, 6) is 0. The maximum Gasteiger partial charge on any atom is 0.0445 e. The van der Waals surface area contributed by atoms with E-state index < -0.39 is 0 Å². The van der Waals surface area contributed by atoms with Gasteiger partial charge in [-0.1, -0.05) is 37.3 Å². The second kappa shape index (κ2) is 3.02. The van der Waals surface area contributed by atoms with Crippen LogP contribution in [0.4, 0.5) is 0 Å². The molecule has 1 atom stereocenters. The zero-order valence-corrected chi connectivity index (χ0v) is 7.25. The molecule has 0 saturated carbocycles. The smallest absolute Gasteiger partial charge is 0.0445 e. The van der Waals surface area contributed by atoms with Crippen LogP contribution >= 0.6 is 0 Å². The Morgan fingerprint density at radius 1 is 1.25 bits per heavy atom. The van der Waals surface area contributed by atoms with Gasteiger partial charge in [-0.15, -0.1) is 0 Å². The molecule has 1 heterocycles. The fraction of sp³-hybridized carbons (Fsp3) is 0.273. The lowest BCUT2D eigenvalue weighted by Crippen LogP contribution is -2.37. The molecule has 1 aromatic rings. The van der Waals surface area contributed by atoms with Crippen molar-refractivity contribution in [3.63, 3.8) is 0 Å². The predicted octanol–water partition coefficient (Wildman–Crippen LogP) is 0.587. The van der Waals surface area contributed by atoms with Crippen LogP contribution in [0.15, 0.2) is 24.3 Å². The molecule has 1 heteroatoms. The summed E-state index contributed by atoms with van der Waals surface area (Å²) in [6, 6.07) is 8.96. The average Bonchev–Trinajstić information content (AvgIpc) is 2.17. The van der Waals surface area contributed by atoms with E-state index in [9.17, 15) is 0 Å². The highest BCUT2D eigenvalue weighted by Crippen LogP contribution is 1.93. The quantitative estimate of drug-likeness (QED) is 0.632. The van der Waals surface area contributed by atoms with E-state index in [1.807, 2.05) is 0 Å². The van der Waals surface area contributed by atoms with Crippen LogP contribution < -0.4 is 15.8 Å². The number of rotatable bonds is 1. The van der Waals surface area contributed by atoms with E-state index >= 15 is 0 Å². The first-order valence-corrected chi connectivity index (χ1v) is 4.43.